The molecular formula is C20H30IN5O2. The van der Waals surface area contributed by atoms with Gasteiger partial charge in [0.2, 0.25) is 5.91 Å². The zero-order valence-electron chi connectivity index (χ0n) is 16.7. The first-order valence-electron chi connectivity index (χ1n) is 9.36. The smallest absolute Gasteiger partial charge is 0.241 e. The number of guanidine groups is 1. The predicted molar refractivity (Wildman–Crippen MR) is 122 cm³/mol. The monoisotopic (exact) mass is 499 g/mol. The Labute approximate surface area is 183 Å². The van der Waals surface area contributed by atoms with E-state index < -0.39 is 0 Å². The van der Waals surface area contributed by atoms with E-state index in [2.05, 4.69) is 39.9 Å². The van der Waals surface area contributed by atoms with Crippen LogP contribution in [0.25, 0.3) is 0 Å². The minimum absolute atomic E-state index is 0. The summed E-state index contributed by atoms with van der Waals surface area (Å²) < 4.78 is 5.30. The maximum atomic E-state index is 12.0. The number of hydrogen-bond acceptors (Lipinski definition) is 4. The summed E-state index contributed by atoms with van der Waals surface area (Å²) in [7, 11) is 0. The minimum atomic E-state index is -0.107. The lowest BCUT2D eigenvalue weighted by molar-refractivity contribution is -0.119. The van der Waals surface area contributed by atoms with E-state index in [0.29, 0.717) is 31.5 Å². The minimum Gasteiger partial charge on any atom is -0.359 e. The Hall–Kier alpha value is -2.10. The third-order valence-corrected chi connectivity index (χ3v) is 3.90. The van der Waals surface area contributed by atoms with Gasteiger partial charge in [-0.3, -0.25) is 4.79 Å². The van der Waals surface area contributed by atoms with Gasteiger partial charge in [-0.1, -0.05) is 49.3 Å². The van der Waals surface area contributed by atoms with Gasteiger partial charge in [0, 0.05) is 19.2 Å². The van der Waals surface area contributed by atoms with E-state index >= 15 is 0 Å². The molecule has 0 saturated heterocycles. The first kappa shape index (κ1) is 23.9. The molecule has 3 N–H and O–H groups in total. The summed E-state index contributed by atoms with van der Waals surface area (Å²) in [6.45, 7) is 7.93. The first-order chi connectivity index (χ1) is 13.1. The molecule has 0 radical (unpaired) electrons. The average molecular weight is 499 g/mol. The van der Waals surface area contributed by atoms with Crippen LogP contribution in [0.4, 0.5) is 0 Å². The Kier molecular flexibility index (Phi) is 11.2. The van der Waals surface area contributed by atoms with Crippen molar-refractivity contribution in [1.82, 2.24) is 21.1 Å². The Morgan fingerprint density at radius 2 is 1.93 bits per heavy atom. The molecule has 1 aromatic heterocycles. The third kappa shape index (κ3) is 8.73. The first-order valence-corrected chi connectivity index (χ1v) is 9.36. The van der Waals surface area contributed by atoms with Crippen LogP contribution in [0.5, 0.6) is 0 Å². The van der Waals surface area contributed by atoms with Crippen LogP contribution in [0.2, 0.25) is 0 Å². The molecule has 2 aromatic rings. The molecule has 0 saturated carbocycles. The van der Waals surface area contributed by atoms with Gasteiger partial charge in [-0.05, 0) is 24.8 Å². The van der Waals surface area contributed by atoms with Crippen molar-refractivity contribution >= 4 is 35.8 Å². The Morgan fingerprint density at radius 1 is 1.18 bits per heavy atom. The fraction of sp³-hybridized carbons (Fsp3) is 0.450. The highest BCUT2D eigenvalue weighted by molar-refractivity contribution is 14.0. The molecule has 0 aliphatic carbocycles. The van der Waals surface area contributed by atoms with Crippen molar-refractivity contribution in [2.24, 2.45) is 4.99 Å². The van der Waals surface area contributed by atoms with Gasteiger partial charge in [-0.2, -0.15) is 0 Å². The van der Waals surface area contributed by atoms with Crippen LogP contribution < -0.4 is 16.0 Å². The second-order valence-corrected chi connectivity index (χ2v) is 6.51. The number of nitrogens with one attached hydrogen (secondary N) is 3. The lowest BCUT2D eigenvalue weighted by Crippen LogP contribution is -2.38. The van der Waals surface area contributed by atoms with Crippen LogP contribution in [-0.2, 0) is 17.8 Å². The van der Waals surface area contributed by atoms with E-state index in [1.165, 1.54) is 5.56 Å². The van der Waals surface area contributed by atoms with Crippen LogP contribution >= 0.6 is 24.0 Å². The van der Waals surface area contributed by atoms with Crippen LogP contribution in [-0.4, -0.2) is 36.7 Å². The third-order valence-electron chi connectivity index (χ3n) is 3.90. The molecule has 1 aromatic carbocycles. The van der Waals surface area contributed by atoms with E-state index in [9.17, 15) is 4.79 Å². The molecule has 0 fully saturated rings. The van der Waals surface area contributed by atoms with Crippen molar-refractivity contribution < 1.29 is 9.32 Å². The number of hydrogen-bond donors (Lipinski definition) is 3. The molecule has 28 heavy (non-hydrogen) atoms. The second-order valence-electron chi connectivity index (χ2n) is 6.51. The van der Waals surface area contributed by atoms with Crippen molar-refractivity contribution in [2.75, 3.05) is 19.6 Å². The van der Waals surface area contributed by atoms with Crippen molar-refractivity contribution in [3.63, 3.8) is 0 Å². The highest BCUT2D eigenvalue weighted by Crippen LogP contribution is 2.13. The number of aliphatic imine (C=N–C) groups is 1. The molecular weight excluding hydrogens is 469 g/mol. The molecule has 154 valence electrons. The van der Waals surface area contributed by atoms with E-state index in [-0.39, 0.29) is 36.4 Å². The molecule has 0 aliphatic heterocycles. The van der Waals surface area contributed by atoms with Crippen LogP contribution in [0.15, 0.2) is 45.9 Å². The van der Waals surface area contributed by atoms with Crippen LogP contribution in [0.1, 0.15) is 43.7 Å². The largest absolute Gasteiger partial charge is 0.359 e. The maximum Gasteiger partial charge on any atom is 0.241 e. The normalized spacial score (nSPS) is 11.1. The molecule has 1 amide bonds. The fourth-order valence-electron chi connectivity index (χ4n) is 2.39. The van der Waals surface area contributed by atoms with Crippen molar-refractivity contribution in [3.05, 3.63) is 53.4 Å². The molecule has 0 unspecified atom stereocenters. The molecule has 0 atom stereocenters. The predicted octanol–water partition coefficient (Wildman–Crippen LogP) is 2.83. The van der Waals surface area contributed by atoms with E-state index in [4.69, 9.17) is 4.52 Å². The fourth-order valence-corrected chi connectivity index (χ4v) is 2.39. The van der Waals surface area contributed by atoms with E-state index in [1.54, 1.807) is 0 Å². The standard InChI is InChI=1S/C20H29N5O2.HI/c1-4-21-20(23-13-17-12-18(15(2)3)25-27-17)24-14-19(26)22-11-10-16-8-6-5-7-9-16;/h5-9,12,15H,4,10-11,13-14H2,1-3H3,(H,22,26)(H2,21,23,24);1H. The van der Waals surface area contributed by atoms with Gasteiger partial charge in [-0.15, -0.1) is 24.0 Å². The molecule has 1 heterocycles. The Bertz CT molecular complexity index is 731. The van der Waals surface area contributed by atoms with Crippen molar-refractivity contribution in [1.29, 1.82) is 0 Å². The lowest BCUT2D eigenvalue weighted by Gasteiger charge is -2.10. The quantitative estimate of drug-likeness (QED) is 0.281. The summed E-state index contributed by atoms with van der Waals surface area (Å²) in [5, 5.41) is 13.2. The van der Waals surface area contributed by atoms with Crippen LogP contribution in [0.3, 0.4) is 0 Å². The Morgan fingerprint density at radius 3 is 2.57 bits per heavy atom. The van der Waals surface area contributed by atoms with Crippen molar-refractivity contribution in [3.8, 4) is 0 Å². The number of nitrogens with zero attached hydrogens (tertiary/aromatic N) is 2. The lowest BCUT2D eigenvalue weighted by atomic mass is 10.1. The van der Waals surface area contributed by atoms with Gasteiger partial charge >= 0.3 is 0 Å². The zero-order chi connectivity index (χ0) is 19.5. The number of halogens is 1. The summed E-state index contributed by atoms with van der Waals surface area (Å²) >= 11 is 0. The van der Waals surface area contributed by atoms with Gasteiger partial charge in [-0.25, -0.2) is 4.99 Å². The van der Waals surface area contributed by atoms with Gasteiger partial charge in [0.05, 0.1) is 12.2 Å². The summed E-state index contributed by atoms with van der Waals surface area (Å²) in [5.74, 6) is 1.52. The highest BCUT2D eigenvalue weighted by atomic mass is 127. The second kappa shape index (κ2) is 13.1. The highest BCUT2D eigenvalue weighted by Gasteiger charge is 2.08. The van der Waals surface area contributed by atoms with E-state index in [0.717, 1.165) is 17.9 Å². The topological polar surface area (TPSA) is 91.5 Å². The molecule has 0 spiro atoms. The SMILES string of the molecule is CCNC(=NCC(=O)NCCc1ccccc1)NCc1cc(C(C)C)no1.I. The van der Waals surface area contributed by atoms with Crippen LogP contribution in [0, 0.1) is 0 Å². The van der Waals surface area contributed by atoms with Gasteiger partial charge < -0.3 is 20.5 Å². The number of aromatic nitrogens is 1. The van der Waals surface area contributed by atoms with Gasteiger partial charge in [0.15, 0.2) is 11.7 Å². The zero-order valence-corrected chi connectivity index (χ0v) is 19.0. The molecule has 2 rings (SSSR count). The maximum absolute atomic E-state index is 12.0. The van der Waals surface area contributed by atoms with Gasteiger partial charge in [0.1, 0.15) is 6.54 Å². The Balaban J connectivity index is 0.00000392. The molecule has 0 aliphatic rings. The van der Waals surface area contributed by atoms with Gasteiger partial charge in [0.25, 0.3) is 0 Å². The number of carbonyl (C=O) groups excluding carboxylic acids is 1. The number of carbonyl (C=O) groups is 1. The van der Waals surface area contributed by atoms with E-state index in [1.807, 2.05) is 43.3 Å². The summed E-state index contributed by atoms with van der Waals surface area (Å²) in [6, 6.07) is 12.0. The summed E-state index contributed by atoms with van der Waals surface area (Å²) in [4.78, 5) is 16.3. The average Bonchev–Trinajstić information content (AvgIpc) is 3.14. The number of amides is 1. The number of benzene rings is 1. The number of rotatable bonds is 9. The summed E-state index contributed by atoms with van der Waals surface area (Å²) in [6.07, 6.45) is 0.804. The van der Waals surface area contributed by atoms with Crippen molar-refractivity contribution in [2.45, 2.75) is 39.7 Å². The molecule has 8 heteroatoms. The summed E-state index contributed by atoms with van der Waals surface area (Å²) in [5.41, 5.74) is 2.12. The molecule has 7 nitrogen and oxygen atoms in total. The molecule has 0 bridgehead atoms.